The molecule has 0 aromatic carbocycles. The number of hydrogen-bond acceptors (Lipinski definition) is 6. The number of esters is 1. The largest absolute Gasteiger partial charge is 0.500 e. The van der Waals surface area contributed by atoms with Gasteiger partial charge in [0.25, 0.3) is 0 Å². The minimum Gasteiger partial charge on any atom is -0.500 e. The highest BCUT2D eigenvalue weighted by atomic mass is 16.5. The molecular weight excluding hydrogens is 330 g/mol. The van der Waals surface area contributed by atoms with Gasteiger partial charge in [-0.3, -0.25) is 14.6 Å². The van der Waals surface area contributed by atoms with Crippen molar-refractivity contribution in [2.45, 2.75) is 40.0 Å². The van der Waals surface area contributed by atoms with Gasteiger partial charge in [-0.2, -0.15) is 0 Å². The van der Waals surface area contributed by atoms with Crippen molar-refractivity contribution in [2.24, 2.45) is 5.92 Å². The van der Waals surface area contributed by atoms with Gasteiger partial charge in [0.1, 0.15) is 5.76 Å². The lowest BCUT2D eigenvalue weighted by Gasteiger charge is -2.27. The summed E-state index contributed by atoms with van der Waals surface area (Å²) in [6.45, 7) is 17.2. The summed E-state index contributed by atoms with van der Waals surface area (Å²) in [5, 5.41) is 3.53. The summed E-state index contributed by atoms with van der Waals surface area (Å²) in [4.78, 5) is 16.0. The number of ether oxygens (including phenoxy) is 2. The predicted octanol–water partition coefficient (Wildman–Crippen LogP) is 2.36. The van der Waals surface area contributed by atoms with Crippen molar-refractivity contribution < 1.29 is 14.3 Å². The molecule has 0 bridgehead atoms. The Morgan fingerprint density at radius 1 is 1.00 bits per heavy atom. The second kappa shape index (κ2) is 16.1. The van der Waals surface area contributed by atoms with E-state index in [4.69, 9.17) is 9.47 Å². The average Bonchev–Trinajstić information content (AvgIpc) is 2.64. The molecular formula is C20H41N3O3. The summed E-state index contributed by atoms with van der Waals surface area (Å²) in [5.74, 6) is 1.35. The molecule has 26 heavy (non-hydrogen) atoms. The molecule has 6 heteroatoms. The van der Waals surface area contributed by atoms with E-state index in [0.717, 1.165) is 57.4 Å². The first kappa shape index (κ1) is 24.9. The van der Waals surface area contributed by atoms with Crippen molar-refractivity contribution in [3.8, 4) is 0 Å². The Hall–Kier alpha value is -1.11. The minimum atomic E-state index is -0.182. The molecule has 0 aromatic rings. The Labute approximate surface area is 160 Å². The van der Waals surface area contributed by atoms with E-state index in [1.54, 1.807) is 7.11 Å². The molecule has 0 radical (unpaired) electrons. The molecule has 0 aliphatic rings. The van der Waals surface area contributed by atoms with Gasteiger partial charge >= 0.3 is 5.97 Å². The predicted molar refractivity (Wildman–Crippen MR) is 108 cm³/mol. The fraction of sp³-hybridized carbons (Fsp3) is 0.850. The Balaban J connectivity index is 4.37. The lowest BCUT2D eigenvalue weighted by atomic mass is 10.1. The number of carbonyl (C=O) groups is 1. The van der Waals surface area contributed by atoms with Gasteiger partial charge < -0.3 is 14.8 Å². The van der Waals surface area contributed by atoms with Crippen molar-refractivity contribution in [1.82, 2.24) is 15.1 Å². The van der Waals surface area contributed by atoms with Gasteiger partial charge in [-0.25, -0.2) is 0 Å². The van der Waals surface area contributed by atoms with Gasteiger partial charge in [0.05, 0.1) is 27.3 Å². The van der Waals surface area contributed by atoms with E-state index in [-0.39, 0.29) is 5.97 Å². The molecule has 0 fully saturated rings. The maximum absolute atomic E-state index is 11.6. The Morgan fingerprint density at radius 3 is 2.19 bits per heavy atom. The molecule has 0 saturated heterocycles. The Bertz CT molecular complexity index is 377. The van der Waals surface area contributed by atoms with Crippen LogP contribution in [0, 0.1) is 5.92 Å². The molecule has 0 heterocycles. The molecule has 0 spiro atoms. The third kappa shape index (κ3) is 13.1. The van der Waals surface area contributed by atoms with E-state index in [1.807, 2.05) is 0 Å². The minimum absolute atomic E-state index is 0.182. The summed E-state index contributed by atoms with van der Waals surface area (Å²) in [6, 6.07) is 0. The van der Waals surface area contributed by atoms with Crippen LogP contribution in [0.4, 0.5) is 0 Å². The van der Waals surface area contributed by atoms with Crippen LogP contribution in [-0.2, 0) is 14.3 Å². The van der Waals surface area contributed by atoms with Crippen LogP contribution in [0.25, 0.3) is 0 Å². The topological polar surface area (TPSA) is 54.0 Å². The Morgan fingerprint density at radius 2 is 1.65 bits per heavy atom. The van der Waals surface area contributed by atoms with Crippen LogP contribution >= 0.6 is 0 Å². The van der Waals surface area contributed by atoms with Crippen LogP contribution < -0.4 is 5.32 Å². The second-order valence-corrected chi connectivity index (χ2v) is 6.92. The Kier molecular flexibility index (Phi) is 15.4. The normalized spacial score (nSPS) is 12.4. The summed E-state index contributed by atoms with van der Waals surface area (Å²) in [5.41, 5.74) is 0. The number of nitrogens with one attached hydrogen (secondary N) is 1. The van der Waals surface area contributed by atoms with Crippen LogP contribution in [0.1, 0.15) is 40.0 Å². The van der Waals surface area contributed by atoms with E-state index in [0.29, 0.717) is 13.1 Å². The van der Waals surface area contributed by atoms with Crippen LogP contribution in [0.3, 0.4) is 0 Å². The molecule has 1 N–H and O–H groups in total. The molecule has 1 atom stereocenters. The SMILES string of the molecule is C=C(CN(CCNCC[C@H](C)CC)CCN(CCC)CC(=O)OC)OC. The quantitative estimate of drug-likeness (QED) is 0.241. The molecule has 0 rings (SSSR count). The fourth-order valence-electron chi connectivity index (χ4n) is 2.61. The smallest absolute Gasteiger partial charge is 0.319 e. The maximum atomic E-state index is 11.6. The lowest BCUT2D eigenvalue weighted by Crippen LogP contribution is -2.41. The number of methoxy groups -OCH3 is 2. The van der Waals surface area contributed by atoms with E-state index >= 15 is 0 Å². The lowest BCUT2D eigenvalue weighted by molar-refractivity contribution is -0.142. The summed E-state index contributed by atoms with van der Waals surface area (Å²) in [6.07, 6.45) is 3.46. The van der Waals surface area contributed by atoms with Crippen LogP contribution in [-0.4, -0.2) is 82.3 Å². The molecule has 0 aromatic heterocycles. The third-order valence-corrected chi connectivity index (χ3v) is 4.66. The molecule has 0 saturated carbocycles. The highest BCUT2D eigenvalue weighted by molar-refractivity contribution is 5.71. The standard InChI is InChI=1S/C20H41N3O3/c1-7-12-22(17-20(24)26-6)14-15-23(16-19(4)25-5)13-11-21-10-9-18(3)8-2/h18,21H,4,7-17H2,1-3,5-6H3/t18-/m1/s1. The van der Waals surface area contributed by atoms with Gasteiger partial charge in [0.2, 0.25) is 0 Å². The van der Waals surface area contributed by atoms with Crippen LogP contribution in [0.5, 0.6) is 0 Å². The molecule has 0 unspecified atom stereocenters. The average molecular weight is 372 g/mol. The molecule has 0 amide bonds. The van der Waals surface area contributed by atoms with E-state index < -0.39 is 0 Å². The van der Waals surface area contributed by atoms with Gasteiger partial charge in [-0.15, -0.1) is 0 Å². The van der Waals surface area contributed by atoms with Gasteiger partial charge in [0.15, 0.2) is 0 Å². The highest BCUT2D eigenvalue weighted by Crippen LogP contribution is 2.04. The van der Waals surface area contributed by atoms with E-state index in [1.165, 1.54) is 20.0 Å². The first-order valence-corrected chi connectivity index (χ1v) is 9.90. The molecule has 6 nitrogen and oxygen atoms in total. The molecule has 154 valence electrons. The fourth-order valence-corrected chi connectivity index (χ4v) is 2.61. The van der Waals surface area contributed by atoms with Crippen LogP contribution in [0.15, 0.2) is 12.3 Å². The molecule has 0 aliphatic carbocycles. The first-order valence-electron chi connectivity index (χ1n) is 9.90. The number of nitrogens with zero attached hydrogens (tertiary/aromatic N) is 2. The van der Waals surface area contributed by atoms with Gasteiger partial charge in [0, 0.05) is 26.2 Å². The van der Waals surface area contributed by atoms with Crippen molar-refractivity contribution in [2.75, 3.05) is 66.6 Å². The third-order valence-electron chi connectivity index (χ3n) is 4.66. The van der Waals surface area contributed by atoms with Crippen molar-refractivity contribution >= 4 is 5.97 Å². The van der Waals surface area contributed by atoms with Crippen molar-refractivity contribution in [1.29, 1.82) is 0 Å². The summed E-state index contributed by atoms with van der Waals surface area (Å²) in [7, 11) is 3.10. The maximum Gasteiger partial charge on any atom is 0.319 e. The van der Waals surface area contributed by atoms with Crippen molar-refractivity contribution in [3.63, 3.8) is 0 Å². The monoisotopic (exact) mass is 371 g/mol. The number of hydrogen-bond donors (Lipinski definition) is 1. The zero-order valence-corrected chi connectivity index (χ0v) is 17.7. The highest BCUT2D eigenvalue weighted by Gasteiger charge is 2.13. The van der Waals surface area contributed by atoms with E-state index in [9.17, 15) is 4.79 Å². The van der Waals surface area contributed by atoms with Gasteiger partial charge in [-0.05, 0) is 31.8 Å². The second-order valence-electron chi connectivity index (χ2n) is 6.92. The first-order chi connectivity index (χ1) is 12.5. The van der Waals surface area contributed by atoms with Crippen molar-refractivity contribution in [3.05, 3.63) is 12.3 Å². The number of carbonyl (C=O) groups excluding carboxylic acids is 1. The van der Waals surface area contributed by atoms with Crippen LogP contribution in [0.2, 0.25) is 0 Å². The number of rotatable bonds is 17. The summed E-state index contributed by atoms with van der Waals surface area (Å²) < 4.78 is 10.0. The molecule has 0 aliphatic heterocycles. The summed E-state index contributed by atoms with van der Waals surface area (Å²) >= 11 is 0. The zero-order valence-electron chi connectivity index (χ0n) is 17.7. The van der Waals surface area contributed by atoms with E-state index in [2.05, 4.69) is 42.5 Å². The van der Waals surface area contributed by atoms with Gasteiger partial charge in [-0.1, -0.05) is 33.8 Å². The zero-order chi connectivity index (χ0) is 19.8.